The smallest absolute Gasteiger partial charge is 0.257 e. The predicted molar refractivity (Wildman–Crippen MR) is 101 cm³/mol. The van der Waals surface area contributed by atoms with Gasteiger partial charge in [-0.05, 0) is 36.4 Å². The molecule has 0 radical (unpaired) electrons. The Morgan fingerprint density at radius 1 is 0.885 bits per heavy atom. The second-order valence-electron chi connectivity index (χ2n) is 5.47. The van der Waals surface area contributed by atoms with Gasteiger partial charge in [0, 0.05) is 30.8 Å². The number of carbonyl (C=O) groups is 3. The van der Waals surface area contributed by atoms with Crippen molar-refractivity contribution in [3.63, 3.8) is 0 Å². The van der Waals surface area contributed by atoms with E-state index in [-0.39, 0.29) is 17.7 Å². The number of nitrogens with one attached hydrogen (secondary N) is 3. The van der Waals surface area contributed by atoms with Crippen LogP contribution in [0.2, 0.25) is 5.02 Å². The number of hydrogen-bond donors (Lipinski definition) is 3. The minimum atomic E-state index is -0.320. The van der Waals surface area contributed by atoms with Crippen LogP contribution in [0.15, 0.2) is 48.5 Å². The molecule has 2 aromatic carbocycles. The quantitative estimate of drug-likeness (QED) is 0.652. The van der Waals surface area contributed by atoms with Gasteiger partial charge in [0.2, 0.25) is 5.91 Å². The standard InChI is InChI=1S/C19H20ClN3O3/c1-2-17(24)21-11-12-22-18(25)13-7-9-14(10-8-13)23-19(26)15-5-3-4-6-16(15)20/h3-10H,2,11-12H2,1H3,(H,21,24)(H,22,25)(H,23,26). The largest absolute Gasteiger partial charge is 0.354 e. The van der Waals surface area contributed by atoms with Crippen molar-refractivity contribution in [3.05, 3.63) is 64.7 Å². The van der Waals surface area contributed by atoms with E-state index in [0.29, 0.717) is 41.3 Å². The van der Waals surface area contributed by atoms with Gasteiger partial charge in [0.05, 0.1) is 10.6 Å². The van der Waals surface area contributed by atoms with Crippen LogP contribution in [-0.2, 0) is 4.79 Å². The lowest BCUT2D eigenvalue weighted by Crippen LogP contribution is -2.34. The maximum atomic E-state index is 12.2. The molecule has 7 heteroatoms. The molecule has 0 atom stereocenters. The monoisotopic (exact) mass is 373 g/mol. The molecule has 0 saturated heterocycles. The first kappa shape index (κ1) is 19.5. The number of anilines is 1. The Balaban J connectivity index is 1.87. The molecule has 3 N–H and O–H groups in total. The molecule has 0 aromatic heterocycles. The maximum absolute atomic E-state index is 12.2. The normalized spacial score (nSPS) is 10.1. The summed E-state index contributed by atoms with van der Waals surface area (Å²) >= 11 is 6.00. The number of hydrogen-bond acceptors (Lipinski definition) is 3. The van der Waals surface area contributed by atoms with E-state index in [0.717, 1.165) is 0 Å². The van der Waals surface area contributed by atoms with E-state index in [4.69, 9.17) is 11.6 Å². The van der Waals surface area contributed by atoms with Gasteiger partial charge in [-0.1, -0.05) is 30.7 Å². The lowest BCUT2D eigenvalue weighted by molar-refractivity contribution is -0.120. The van der Waals surface area contributed by atoms with E-state index in [2.05, 4.69) is 16.0 Å². The molecular weight excluding hydrogens is 354 g/mol. The van der Waals surface area contributed by atoms with Crippen molar-refractivity contribution < 1.29 is 14.4 Å². The number of benzene rings is 2. The summed E-state index contributed by atoms with van der Waals surface area (Å²) in [5.74, 6) is -0.628. The Hall–Kier alpha value is -2.86. The first-order valence-corrected chi connectivity index (χ1v) is 8.60. The molecule has 2 aromatic rings. The van der Waals surface area contributed by atoms with Crippen LogP contribution >= 0.6 is 11.6 Å². The third-order valence-corrected chi connectivity index (χ3v) is 3.91. The minimum Gasteiger partial charge on any atom is -0.354 e. The average molecular weight is 374 g/mol. The van der Waals surface area contributed by atoms with E-state index < -0.39 is 0 Å². The van der Waals surface area contributed by atoms with E-state index in [1.807, 2.05) is 0 Å². The second-order valence-corrected chi connectivity index (χ2v) is 5.88. The number of halogens is 1. The van der Waals surface area contributed by atoms with Gasteiger partial charge >= 0.3 is 0 Å². The lowest BCUT2D eigenvalue weighted by atomic mass is 10.1. The molecule has 0 aliphatic rings. The summed E-state index contributed by atoms with van der Waals surface area (Å²) in [6, 6.07) is 13.3. The van der Waals surface area contributed by atoms with Gasteiger partial charge in [0.15, 0.2) is 0 Å². The fraction of sp³-hybridized carbons (Fsp3) is 0.211. The van der Waals surface area contributed by atoms with Crippen LogP contribution in [0.25, 0.3) is 0 Å². The molecule has 0 bridgehead atoms. The summed E-state index contributed by atoms with van der Waals surface area (Å²) in [6.07, 6.45) is 0.412. The molecule has 0 unspecified atom stereocenters. The van der Waals surface area contributed by atoms with Crippen molar-refractivity contribution in [1.29, 1.82) is 0 Å². The highest BCUT2D eigenvalue weighted by molar-refractivity contribution is 6.34. The van der Waals surface area contributed by atoms with E-state index in [9.17, 15) is 14.4 Å². The third-order valence-electron chi connectivity index (χ3n) is 3.58. The highest BCUT2D eigenvalue weighted by Gasteiger charge is 2.10. The molecule has 0 spiro atoms. The molecule has 0 heterocycles. The highest BCUT2D eigenvalue weighted by atomic mass is 35.5. The first-order valence-electron chi connectivity index (χ1n) is 8.22. The molecule has 2 rings (SSSR count). The van der Waals surface area contributed by atoms with E-state index >= 15 is 0 Å². The molecule has 6 nitrogen and oxygen atoms in total. The molecule has 0 saturated carbocycles. The van der Waals surface area contributed by atoms with Crippen LogP contribution in [0.5, 0.6) is 0 Å². The zero-order valence-corrected chi connectivity index (χ0v) is 15.1. The fourth-order valence-electron chi connectivity index (χ4n) is 2.15. The summed E-state index contributed by atoms with van der Waals surface area (Å²) in [7, 11) is 0. The summed E-state index contributed by atoms with van der Waals surface area (Å²) in [4.78, 5) is 35.3. The molecule has 136 valence electrons. The lowest BCUT2D eigenvalue weighted by Gasteiger charge is -2.09. The Morgan fingerprint density at radius 2 is 1.54 bits per heavy atom. The van der Waals surface area contributed by atoms with Crippen LogP contribution in [0.3, 0.4) is 0 Å². The van der Waals surface area contributed by atoms with Crippen LogP contribution < -0.4 is 16.0 Å². The maximum Gasteiger partial charge on any atom is 0.257 e. The highest BCUT2D eigenvalue weighted by Crippen LogP contribution is 2.17. The summed E-state index contributed by atoms with van der Waals surface area (Å²) in [5.41, 5.74) is 1.40. The van der Waals surface area contributed by atoms with Crippen molar-refractivity contribution in [1.82, 2.24) is 10.6 Å². The van der Waals surface area contributed by atoms with Crippen molar-refractivity contribution in [2.75, 3.05) is 18.4 Å². The SMILES string of the molecule is CCC(=O)NCCNC(=O)c1ccc(NC(=O)c2ccccc2Cl)cc1. The number of carbonyl (C=O) groups excluding carboxylic acids is 3. The third kappa shape index (κ3) is 5.60. The molecule has 0 aliphatic heterocycles. The molecule has 0 aliphatic carbocycles. The van der Waals surface area contributed by atoms with Gasteiger partial charge in [0.25, 0.3) is 11.8 Å². The summed E-state index contributed by atoms with van der Waals surface area (Å²) < 4.78 is 0. The molecule has 0 fully saturated rings. The van der Waals surface area contributed by atoms with Crippen LogP contribution in [0.4, 0.5) is 5.69 Å². The molecular formula is C19H20ClN3O3. The first-order chi connectivity index (χ1) is 12.5. The van der Waals surface area contributed by atoms with Crippen molar-refractivity contribution in [2.45, 2.75) is 13.3 Å². The van der Waals surface area contributed by atoms with Gasteiger partial charge < -0.3 is 16.0 Å². The molecule has 3 amide bonds. The van der Waals surface area contributed by atoms with Gasteiger partial charge in [-0.3, -0.25) is 14.4 Å². The summed E-state index contributed by atoms with van der Waals surface area (Å²) in [5, 5.41) is 8.50. The van der Waals surface area contributed by atoms with Crippen molar-refractivity contribution in [3.8, 4) is 0 Å². The van der Waals surface area contributed by atoms with E-state index in [1.54, 1.807) is 55.5 Å². The number of amides is 3. The van der Waals surface area contributed by atoms with Gasteiger partial charge in [-0.2, -0.15) is 0 Å². The van der Waals surface area contributed by atoms with Gasteiger partial charge in [0.1, 0.15) is 0 Å². The topological polar surface area (TPSA) is 87.3 Å². The minimum absolute atomic E-state index is 0.0575. The number of rotatable bonds is 7. The zero-order chi connectivity index (χ0) is 18.9. The van der Waals surface area contributed by atoms with Crippen molar-refractivity contribution in [2.24, 2.45) is 0 Å². The second kappa shape index (κ2) is 9.58. The van der Waals surface area contributed by atoms with Gasteiger partial charge in [-0.25, -0.2) is 0 Å². The Labute approximate surface area is 156 Å². The Kier molecular flexibility index (Phi) is 7.17. The summed E-state index contributed by atoms with van der Waals surface area (Å²) in [6.45, 7) is 2.49. The van der Waals surface area contributed by atoms with Crippen LogP contribution in [0, 0.1) is 0 Å². The average Bonchev–Trinajstić information content (AvgIpc) is 2.65. The van der Waals surface area contributed by atoms with Crippen LogP contribution in [-0.4, -0.2) is 30.8 Å². The zero-order valence-electron chi connectivity index (χ0n) is 14.3. The molecule has 26 heavy (non-hydrogen) atoms. The van der Waals surface area contributed by atoms with E-state index in [1.165, 1.54) is 0 Å². The Bertz CT molecular complexity index is 791. The van der Waals surface area contributed by atoms with Crippen molar-refractivity contribution >= 4 is 35.0 Å². The predicted octanol–water partition coefficient (Wildman–Crippen LogP) is 2.85. The Morgan fingerprint density at radius 3 is 2.19 bits per heavy atom. The fourth-order valence-corrected chi connectivity index (χ4v) is 2.38. The van der Waals surface area contributed by atoms with Gasteiger partial charge in [-0.15, -0.1) is 0 Å². The van der Waals surface area contributed by atoms with Crippen LogP contribution in [0.1, 0.15) is 34.1 Å².